The third-order valence-electron chi connectivity index (χ3n) is 5.29. The molecule has 0 unspecified atom stereocenters. The van der Waals surface area contributed by atoms with E-state index < -0.39 is 0 Å². The molecule has 134 valence electrons. The molecule has 1 saturated heterocycles. The van der Waals surface area contributed by atoms with Crippen molar-refractivity contribution in [3.63, 3.8) is 0 Å². The first-order chi connectivity index (χ1) is 12.1. The number of H-pyrrole nitrogens is 1. The van der Waals surface area contributed by atoms with Crippen molar-refractivity contribution in [1.29, 1.82) is 0 Å². The number of carbonyl (C=O) groups is 1. The zero-order chi connectivity index (χ0) is 17.8. The van der Waals surface area contributed by atoms with Gasteiger partial charge in [-0.3, -0.25) is 9.59 Å². The van der Waals surface area contributed by atoms with E-state index in [1.807, 2.05) is 31.2 Å². The Kier molecular flexibility index (Phi) is 5.53. The molecule has 1 aliphatic rings. The van der Waals surface area contributed by atoms with E-state index in [0.717, 1.165) is 24.2 Å². The molecule has 1 aromatic heterocycles. The lowest BCUT2D eigenvalue weighted by atomic mass is 10.0. The van der Waals surface area contributed by atoms with Crippen molar-refractivity contribution in [2.24, 2.45) is 0 Å². The molecule has 1 aliphatic heterocycles. The highest BCUT2D eigenvalue weighted by molar-refractivity contribution is 5.80. The molecule has 1 amide bonds. The lowest BCUT2D eigenvalue weighted by Crippen LogP contribution is -2.32. The molecular formula is C20H27N3O2. The Balaban J connectivity index is 1.55. The van der Waals surface area contributed by atoms with E-state index >= 15 is 0 Å². The fraction of sp³-hybridized carbons (Fsp3) is 0.500. The van der Waals surface area contributed by atoms with Gasteiger partial charge < -0.3 is 15.2 Å². The second kappa shape index (κ2) is 7.83. The molecule has 1 atom stereocenters. The number of benzene rings is 1. The SMILES string of the molecule is Cc1[nH]c2ccccc2c(=O)c1CCC(=O)NCC[C@@H]1CCCN1C. The smallest absolute Gasteiger partial charge is 0.220 e. The molecule has 1 aromatic carbocycles. The molecule has 1 fully saturated rings. The monoisotopic (exact) mass is 341 g/mol. The number of likely N-dealkylation sites (tertiary alicyclic amines) is 1. The number of nitrogens with one attached hydrogen (secondary N) is 2. The number of fused-ring (bicyclic) bond motifs is 1. The van der Waals surface area contributed by atoms with Gasteiger partial charge in [0.05, 0.1) is 0 Å². The van der Waals surface area contributed by atoms with Gasteiger partial charge in [0.25, 0.3) is 0 Å². The highest BCUT2D eigenvalue weighted by Gasteiger charge is 2.20. The predicted octanol–water partition coefficient (Wildman–Crippen LogP) is 2.37. The van der Waals surface area contributed by atoms with Crippen LogP contribution in [0, 0.1) is 6.92 Å². The Morgan fingerprint density at radius 3 is 2.92 bits per heavy atom. The van der Waals surface area contributed by atoms with Gasteiger partial charge in [0.1, 0.15) is 0 Å². The third-order valence-corrected chi connectivity index (χ3v) is 5.29. The highest BCUT2D eigenvalue weighted by Crippen LogP contribution is 2.17. The minimum absolute atomic E-state index is 0.0209. The summed E-state index contributed by atoms with van der Waals surface area (Å²) < 4.78 is 0. The van der Waals surface area contributed by atoms with Crippen molar-refractivity contribution in [3.05, 3.63) is 45.7 Å². The second-order valence-corrected chi connectivity index (χ2v) is 7.02. The molecule has 5 nitrogen and oxygen atoms in total. The van der Waals surface area contributed by atoms with Crippen LogP contribution in [0.2, 0.25) is 0 Å². The number of aryl methyl sites for hydroxylation is 1. The summed E-state index contributed by atoms with van der Waals surface area (Å²) in [5, 5.41) is 3.69. The quantitative estimate of drug-likeness (QED) is 0.848. The van der Waals surface area contributed by atoms with Gasteiger partial charge in [-0.25, -0.2) is 0 Å². The average molecular weight is 341 g/mol. The molecule has 2 N–H and O–H groups in total. The van der Waals surface area contributed by atoms with Gasteiger partial charge in [-0.2, -0.15) is 0 Å². The lowest BCUT2D eigenvalue weighted by Gasteiger charge is -2.19. The van der Waals surface area contributed by atoms with Crippen molar-refractivity contribution < 1.29 is 4.79 Å². The topological polar surface area (TPSA) is 65.2 Å². The summed E-state index contributed by atoms with van der Waals surface area (Å²) in [6.07, 6.45) is 4.29. The van der Waals surface area contributed by atoms with Crippen LogP contribution < -0.4 is 10.7 Å². The van der Waals surface area contributed by atoms with Crippen molar-refractivity contribution in [1.82, 2.24) is 15.2 Å². The van der Waals surface area contributed by atoms with Crippen LogP contribution in [0.5, 0.6) is 0 Å². The normalized spacial score (nSPS) is 17.9. The van der Waals surface area contributed by atoms with Crippen molar-refractivity contribution in [2.45, 2.75) is 45.1 Å². The van der Waals surface area contributed by atoms with E-state index in [4.69, 9.17) is 0 Å². The van der Waals surface area contributed by atoms with E-state index in [1.165, 1.54) is 12.8 Å². The Bertz CT molecular complexity index is 812. The van der Waals surface area contributed by atoms with Gasteiger partial charge in [0.15, 0.2) is 5.43 Å². The maximum atomic E-state index is 12.6. The summed E-state index contributed by atoms with van der Waals surface area (Å²) >= 11 is 0. The zero-order valence-electron chi connectivity index (χ0n) is 15.1. The molecule has 0 spiro atoms. The largest absolute Gasteiger partial charge is 0.358 e. The summed E-state index contributed by atoms with van der Waals surface area (Å²) in [6, 6.07) is 8.09. The summed E-state index contributed by atoms with van der Waals surface area (Å²) in [5.41, 5.74) is 2.44. The van der Waals surface area contributed by atoms with Crippen LogP contribution in [-0.2, 0) is 11.2 Å². The molecule has 2 heterocycles. The average Bonchev–Trinajstić information content (AvgIpc) is 3.00. The maximum absolute atomic E-state index is 12.6. The summed E-state index contributed by atoms with van der Waals surface area (Å²) in [6.45, 7) is 3.76. The van der Waals surface area contributed by atoms with E-state index in [-0.39, 0.29) is 11.3 Å². The van der Waals surface area contributed by atoms with E-state index in [1.54, 1.807) is 0 Å². The van der Waals surface area contributed by atoms with E-state index in [2.05, 4.69) is 22.2 Å². The fourth-order valence-electron chi connectivity index (χ4n) is 3.75. The van der Waals surface area contributed by atoms with Crippen LogP contribution >= 0.6 is 0 Å². The lowest BCUT2D eigenvalue weighted by molar-refractivity contribution is -0.121. The third kappa shape index (κ3) is 4.10. The Labute approximate surface area is 148 Å². The molecule has 0 bridgehead atoms. The fourth-order valence-corrected chi connectivity index (χ4v) is 3.75. The number of hydrogen-bond acceptors (Lipinski definition) is 3. The number of nitrogens with zero attached hydrogens (tertiary/aromatic N) is 1. The first kappa shape index (κ1) is 17.7. The Morgan fingerprint density at radius 1 is 1.36 bits per heavy atom. The number of hydrogen-bond donors (Lipinski definition) is 2. The van der Waals surface area contributed by atoms with Crippen molar-refractivity contribution >= 4 is 16.8 Å². The zero-order valence-corrected chi connectivity index (χ0v) is 15.1. The number of pyridine rings is 1. The Morgan fingerprint density at radius 2 is 2.16 bits per heavy atom. The maximum Gasteiger partial charge on any atom is 0.220 e. The minimum Gasteiger partial charge on any atom is -0.358 e. The molecule has 5 heteroatoms. The first-order valence-electron chi connectivity index (χ1n) is 9.13. The minimum atomic E-state index is 0.0209. The number of rotatable bonds is 6. The van der Waals surface area contributed by atoms with Gasteiger partial charge in [0.2, 0.25) is 5.91 Å². The molecule has 3 rings (SSSR count). The van der Waals surface area contributed by atoms with Gasteiger partial charge in [-0.1, -0.05) is 12.1 Å². The number of aromatic amines is 1. The number of aromatic nitrogens is 1. The summed E-state index contributed by atoms with van der Waals surface area (Å²) in [7, 11) is 2.15. The van der Waals surface area contributed by atoms with Crippen molar-refractivity contribution in [3.8, 4) is 0 Å². The molecule has 0 radical (unpaired) electrons. The Hall–Kier alpha value is -2.14. The highest BCUT2D eigenvalue weighted by atomic mass is 16.1. The van der Waals surface area contributed by atoms with Gasteiger partial charge in [-0.15, -0.1) is 0 Å². The van der Waals surface area contributed by atoms with Gasteiger partial charge >= 0.3 is 0 Å². The first-order valence-corrected chi connectivity index (χ1v) is 9.13. The molecular weight excluding hydrogens is 314 g/mol. The van der Waals surface area contributed by atoms with Crippen LogP contribution in [0.1, 0.15) is 36.9 Å². The molecule has 0 aliphatic carbocycles. The summed E-state index contributed by atoms with van der Waals surface area (Å²) in [5.74, 6) is 0.0209. The van der Waals surface area contributed by atoms with Crippen LogP contribution in [0.15, 0.2) is 29.1 Å². The van der Waals surface area contributed by atoms with Gasteiger partial charge in [-0.05, 0) is 58.3 Å². The number of amides is 1. The molecule has 25 heavy (non-hydrogen) atoms. The van der Waals surface area contributed by atoms with Crippen LogP contribution in [0.25, 0.3) is 10.9 Å². The summed E-state index contributed by atoms with van der Waals surface area (Å²) in [4.78, 5) is 30.4. The van der Waals surface area contributed by atoms with E-state index in [0.29, 0.717) is 36.4 Å². The van der Waals surface area contributed by atoms with Gasteiger partial charge in [0, 0.05) is 41.2 Å². The molecule has 0 saturated carbocycles. The second-order valence-electron chi connectivity index (χ2n) is 7.02. The molecule has 2 aromatic rings. The van der Waals surface area contributed by atoms with Crippen LogP contribution in [0.4, 0.5) is 0 Å². The van der Waals surface area contributed by atoms with E-state index in [9.17, 15) is 9.59 Å². The van der Waals surface area contributed by atoms with Crippen LogP contribution in [-0.4, -0.2) is 42.0 Å². The van der Waals surface area contributed by atoms with Crippen LogP contribution in [0.3, 0.4) is 0 Å². The van der Waals surface area contributed by atoms with Crippen molar-refractivity contribution in [2.75, 3.05) is 20.1 Å². The number of para-hydroxylation sites is 1. The number of carbonyl (C=O) groups excluding carboxylic acids is 1. The predicted molar refractivity (Wildman–Crippen MR) is 101 cm³/mol. The standard InChI is InChI=1S/C20H27N3O2/c1-14-16(20(25)17-7-3-4-8-18(17)22-14)9-10-19(24)21-12-11-15-6-5-13-23(15)2/h3-4,7-8,15H,5-6,9-13H2,1-2H3,(H,21,24)(H,22,25)/t15-/m0/s1.